The van der Waals surface area contributed by atoms with Gasteiger partial charge in [-0.1, -0.05) is 54.1 Å². The van der Waals surface area contributed by atoms with Crippen molar-refractivity contribution in [3.63, 3.8) is 0 Å². The standard InChI is InChI=1S/C23H25FN4OS.C17H19BrFN3O.C7H8S.C2HF3O/c1-15-4-10-18(11-5-15)30-21-20(16-6-8-17(24)9-7-16)26-22-23(2,3)28(19(29)14-25)13-12-27(21)22;1-4-13(23)22-10-9-21-15(18)14(20-16(21)17(22,2)3)11-5-7-12(19)8-6-11;1-6-2-4-7(8)5-3-6;3-2(4,5)1-6/h4-11H,12-14,25H2,1-3H3;5-8H,4,9-10H2,1-3H3;2-5,8H,1H3;1H. The van der Waals surface area contributed by atoms with E-state index in [0.717, 1.165) is 53.6 Å². The summed E-state index contributed by atoms with van der Waals surface area (Å²) in [6.45, 7) is 16.5. The number of carbonyl (C=O) groups excluding carboxylic acids is 3. The highest BCUT2D eigenvalue weighted by atomic mass is 79.9. The van der Waals surface area contributed by atoms with Crippen LogP contribution in [0.3, 0.4) is 0 Å². The van der Waals surface area contributed by atoms with E-state index in [1.54, 1.807) is 40.9 Å². The van der Waals surface area contributed by atoms with Crippen molar-refractivity contribution in [2.75, 3.05) is 19.6 Å². The molecule has 2 aliphatic heterocycles. The molecule has 6 aromatic rings. The average Bonchev–Trinajstić information content (AvgIpc) is 3.84. The fourth-order valence-electron chi connectivity index (χ4n) is 7.54. The van der Waals surface area contributed by atoms with Crippen LogP contribution in [0.25, 0.3) is 22.5 Å². The minimum atomic E-state index is -4.64. The Labute approximate surface area is 405 Å². The van der Waals surface area contributed by atoms with E-state index < -0.39 is 23.5 Å². The van der Waals surface area contributed by atoms with E-state index in [4.69, 9.17) is 20.5 Å². The number of rotatable bonds is 6. The number of carbonyl (C=O) groups is 3. The molecular formula is C49H53BrF5N7O3S2. The SMILES string of the molecule is CCC(=O)N1CCn2c(nc(-c3ccc(F)cc3)c2Br)C1(C)C.Cc1ccc(S)cc1.Cc1ccc(Sc2c(-c3ccc(F)cc3)nc3n2CCN(C(=O)CN)C3(C)C)cc1.O=CC(F)(F)F. The first-order chi connectivity index (χ1) is 31.5. The number of halogens is 6. The van der Waals surface area contributed by atoms with Gasteiger partial charge in [0, 0.05) is 53.5 Å². The molecule has 8 rings (SSSR count). The summed E-state index contributed by atoms with van der Waals surface area (Å²) in [5.74, 6) is 1.14. The zero-order valence-electron chi connectivity index (χ0n) is 38.2. The monoisotopic (exact) mass is 1030 g/mol. The van der Waals surface area contributed by atoms with Gasteiger partial charge in [0.25, 0.3) is 0 Å². The van der Waals surface area contributed by atoms with Crippen molar-refractivity contribution in [2.24, 2.45) is 5.73 Å². The number of nitrogens with two attached hydrogens (primary N) is 1. The molecule has 10 nitrogen and oxygen atoms in total. The predicted molar refractivity (Wildman–Crippen MR) is 258 cm³/mol. The largest absolute Gasteiger partial charge is 0.446 e. The maximum atomic E-state index is 13.5. The highest BCUT2D eigenvalue weighted by Gasteiger charge is 2.42. The minimum Gasteiger partial charge on any atom is -0.329 e. The number of benzene rings is 4. The molecular weight excluding hydrogens is 974 g/mol. The van der Waals surface area contributed by atoms with Gasteiger partial charge in [0.05, 0.1) is 17.6 Å². The van der Waals surface area contributed by atoms with Gasteiger partial charge < -0.3 is 24.7 Å². The number of aryl methyl sites for hydroxylation is 2. The third-order valence-corrected chi connectivity index (χ3v) is 13.3. The maximum absolute atomic E-state index is 13.5. The second-order valence-corrected chi connectivity index (χ2v) is 19.0. The maximum Gasteiger partial charge on any atom is 0.446 e. The third kappa shape index (κ3) is 12.8. The lowest BCUT2D eigenvalue weighted by Gasteiger charge is -2.42. The van der Waals surface area contributed by atoms with Crippen LogP contribution in [0, 0.1) is 25.5 Å². The Hall–Kier alpha value is -5.30. The molecule has 2 aromatic heterocycles. The van der Waals surface area contributed by atoms with Crippen LogP contribution in [0.5, 0.6) is 0 Å². The molecule has 0 saturated heterocycles. The number of fused-ring (bicyclic) bond motifs is 2. The van der Waals surface area contributed by atoms with Crippen LogP contribution < -0.4 is 5.73 Å². The van der Waals surface area contributed by atoms with Crippen molar-refractivity contribution in [1.29, 1.82) is 0 Å². The lowest BCUT2D eigenvalue weighted by Crippen LogP contribution is -2.53. The fraction of sp³-hybridized carbons (Fsp3) is 0.327. The molecule has 0 spiro atoms. The molecule has 2 N–H and O–H groups in total. The molecule has 0 unspecified atom stereocenters. The summed E-state index contributed by atoms with van der Waals surface area (Å²) >= 11 is 9.39. The Morgan fingerprint density at radius 1 is 0.716 bits per heavy atom. The van der Waals surface area contributed by atoms with Crippen LogP contribution in [0.1, 0.15) is 63.8 Å². The van der Waals surface area contributed by atoms with Crippen LogP contribution in [0.15, 0.2) is 116 Å². The quantitative estimate of drug-likeness (QED) is 0.0969. The summed E-state index contributed by atoms with van der Waals surface area (Å²) in [5, 5.41) is 0.994. The van der Waals surface area contributed by atoms with Crippen molar-refractivity contribution in [1.82, 2.24) is 28.9 Å². The zero-order chi connectivity index (χ0) is 49.4. The molecule has 67 heavy (non-hydrogen) atoms. The molecule has 0 saturated carbocycles. The summed E-state index contributed by atoms with van der Waals surface area (Å²) in [6, 6.07) is 29.1. The predicted octanol–water partition coefficient (Wildman–Crippen LogP) is 11.2. The fourth-order valence-corrected chi connectivity index (χ4v) is 9.40. The topological polar surface area (TPSA) is 119 Å². The molecule has 0 atom stereocenters. The van der Waals surface area contributed by atoms with E-state index >= 15 is 0 Å². The number of alkyl halides is 3. The number of nitrogens with zero attached hydrogens (tertiary/aromatic N) is 6. The first-order valence-electron chi connectivity index (χ1n) is 21.3. The Morgan fingerprint density at radius 3 is 1.58 bits per heavy atom. The Kier molecular flexibility index (Phi) is 17.5. The molecule has 0 fully saturated rings. The van der Waals surface area contributed by atoms with Crippen LogP contribution in [0.4, 0.5) is 22.0 Å². The van der Waals surface area contributed by atoms with E-state index in [1.165, 1.54) is 35.4 Å². The molecule has 0 radical (unpaired) electrons. The van der Waals surface area contributed by atoms with Gasteiger partial charge in [-0.3, -0.25) is 14.4 Å². The van der Waals surface area contributed by atoms with E-state index in [1.807, 2.05) is 63.8 Å². The van der Waals surface area contributed by atoms with Crippen molar-refractivity contribution in [3.8, 4) is 22.5 Å². The van der Waals surface area contributed by atoms with Crippen molar-refractivity contribution in [3.05, 3.63) is 136 Å². The second-order valence-electron chi connectivity index (χ2n) is 16.7. The highest BCUT2D eigenvalue weighted by molar-refractivity contribution is 9.10. The summed E-state index contributed by atoms with van der Waals surface area (Å²) in [7, 11) is 0. The van der Waals surface area contributed by atoms with Crippen LogP contribution in [0.2, 0.25) is 0 Å². The molecule has 4 aromatic carbocycles. The van der Waals surface area contributed by atoms with Crippen molar-refractivity contribution >= 4 is 58.4 Å². The molecule has 0 bridgehead atoms. The van der Waals surface area contributed by atoms with Gasteiger partial charge in [-0.25, -0.2) is 18.7 Å². The number of imidazole rings is 2. The summed E-state index contributed by atoms with van der Waals surface area (Å²) < 4.78 is 63.1. The van der Waals surface area contributed by atoms with Gasteiger partial charge in [-0.15, -0.1) is 12.6 Å². The lowest BCUT2D eigenvalue weighted by atomic mass is 9.98. The number of aldehydes is 1. The molecule has 356 valence electrons. The van der Waals surface area contributed by atoms with Crippen molar-refractivity contribution < 1.29 is 36.3 Å². The second kappa shape index (κ2) is 22.2. The van der Waals surface area contributed by atoms with Crippen molar-refractivity contribution in [2.45, 2.75) is 100 Å². The first kappa shape index (κ1) is 52.7. The van der Waals surface area contributed by atoms with Gasteiger partial charge in [0.2, 0.25) is 18.1 Å². The third-order valence-electron chi connectivity index (χ3n) is 11.1. The molecule has 18 heteroatoms. The smallest absolute Gasteiger partial charge is 0.329 e. The van der Waals surface area contributed by atoms with Gasteiger partial charge in [-0.2, -0.15) is 13.2 Å². The van der Waals surface area contributed by atoms with Crippen LogP contribution >= 0.6 is 40.3 Å². The van der Waals surface area contributed by atoms with Gasteiger partial charge in [0.15, 0.2) is 0 Å². The molecule has 4 heterocycles. The van der Waals surface area contributed by atoms with Crippen LogP contribution in [-0.2, 0) is 38.6 Å². The number of hydrogen-bond donors (Lipinski definition) is 2. The van der Waals surface area contributed by atoms with Gasteiger partial charge >= 0.3 is 6.18 Å². The minimum absolute atomic E-state index is 0.0278. The van der Waals surface area contributed by atoms with E-state index in [0.29, 0.717) is 32.6 Å². The zero-order valence-corrected chi connectivity index (χ0v) is 41.5. The van der Waals surface area contributed by atoms with Gasteiger partial charge in [0.1, 0.15) is 44.3 Å². The molecule has 2 aliphatic rings. The number of hydrogen-bond acceptors (Lipinski definition) is 8. The van der Waals surface area contributed by atoms with Gasteiger partial charge in [-0.05, 0) is 130 Å². The van der Waals surface area contributed by atoms with Crippen LogP contribution in [-0.4, -0.2) is 72.8 Å². The molecule has 2 amide bonds. The average molecular weight is 1030 g/mol. The van der Waals surface area contributed by atoms with E-state index in [9.17, 15) is 31.5 Å². The first-order valence-corrected chi connectivity index (χ1v) is 23.3. The Balaban J connectivity index is 0.000000199. The molecule has 0 aliphatic carbocycles. The summed E-state index contributed by atoms with van der Waals surface area (Å²) in [6.07, 6.45) is -5.22. The van der Waals surface area contributed by atoms with E-state index in [-0.39, 0.29) is 30.0 Å². The summed E-state index contributed by atoms with van der Waals surface area (Å²) in [4.78, 5) is 48.9. The Morgan fingerprint density at radius 2 is 1.13 bits per heavy atom. The Bertz CT molecular complexity index is 2630. The number of amides is 2. The normalized spacial score (nSPS) is 14.5. The van der Waals surface area contributed by atoms with E-state index in [2.05, 4.69) is 75.8 Å². The number of thiol groups is 1. The lowest BCUT2D eigenvalue weighted by molar-refractivity contribution is -0.156. The summed E-state index contributed by atoms with van der Waals surface area (Å²) in [5.41, 5.74) is 10.3. The highest BCUT2D eigenvalue weighted by Crippen LogP contribution is 2.43. The number of aromatic nitrogens is 4.